The van der Waals surface area contributed by atoms with Gasteiger partial charge < -0.3 is 10.6 Å². The molecule has 2 N–H and O–H groups in total. The fourth-order valence-electron chi connectivity index (χ4n) is 1.35. The van der Waals surface area contributed by atoms with Gasteiger partial charge in [0, 0.05) is 17.3 Å². The van der Waals surface area contributed by atoms with Crippen LogP contribution >= 0.6 is 11.8 Å². The third-order valence-corrected chi connectivity index (χ3v) is 3.21. The largest absolute Gasteiger partial charge is 0.361 e. The van der Waals surface area contributed by atoms with Crippen LogP contribution in [0.4, 0.5) is 0 Å². The Labute approximate surface area is 102 Å². The van der Waals surface area contributed by atoms with Crippen LogP contribution in [0.5, 0.6) is 0 Å². The Morgan fingerprint density at radius 3 is 2.81 bits per heavy atom. The molecule has 0 aromatic heterocycles. The number of nitrogens with zero attached hydrogens (tertiary/aromatic N) is 1. The molecule has 1 saturated heterocycles. The average molecular weight is 243 g/mol. The fourth-order valence-corrected chi connectivity index (χ4v) is 2.43. The van der Waals surface area contributed by atoms with Gasteiger partial charge in [-0.15, -0.1) is 0 Å². The summed E-state index contributed by atoms with van der Waals surface area (Å²) in [5.41, 5.74) is -0.181. The van der Waals surface area contributed by atoms with Gasteiger partial charge in [-0.3, -0.25) is 9.79 Å². The molecule has 0 aromatic carbocycles. The highest BCUT2D eigenvalue weighted by atomic mass is 32.2. The van der Waals surface area contributed by atoms with E-state index in [2.05, 4.69) is 22.5 Å². The molecule has 1 fully saturated rings. The highest BCUT2D eigenvalue weighted by Gasteiger charge is 2.19. The number of rotatable bonds is 3. The molecule has 1 amide bonds. The summed E-state index contributed by atoms with van der Waals surface area (Å²) in [6.07, 6.45) is 1.10. The third kappa shape index (κ3) is 4.88. The van der Waals surface area contributed by atoms with Gasteiger partial charge in [-0.25, -0.2) is 0 Å². The summed E-state index contributed by atoms with van der Waals surface area (Å²) in [6, 6.07) is 0.509. The molecule has 0 bridgehead atoms. The predicted octanol–water partition coefficient (Wildman–Crippen LogP) is 1.37. The first-order valence-corrected chi connectivity index (χ1v) is 6.64. The molecule has 1 aliphatic rings. The van der Waals surface area contributed by atoms with E-state index < -0.39 is 0 Å². The topological polar surface area (TPSA) is 53.5 Å². The molecule has 1 unspecified atom stereocenters. The molecule has 1 aliphatic heterocycles. The van der Waals surface area contributed by atoms with Crippen molar-refractivity contribution in [3.63, 3.8) is 0 Å². The van der Waals surface area contributed by atoms with Crippen LogP contribution < -0.4 is 10.6 Å². The van der Waals surface area contributed by atoms with E-state index >= 15 is 0 Å². The van der Waals surface area contributed by atoms with Crippen molar-refractivity contribution in [2.24, 2.45) is 4.99 Å². The average Bonchev–Trinajstić information content (AvgIpc) is 2.59. The second kappa shape index (κ2) is 5.57. The van der Waals surface area contributed by atoms with Gasteiger partial charge in [-0.05, 0) is 27.2 Å². The first kappa shape index (κ1) is 13.4. The van der Waals surface area contributed by atoms with Crippen molar-refractivity contribution in [2.75, 3.05) is 12.3 Å². The molecule has 4 nitrogen and oxygen atoms in total. The fraction of sp³-hybridized carbons (Fsp3) is 0.818. The van der Waals surface area contributed by atoms with E-state index in [9.17, 15) is 4.79 Å². The lowest BCUT2D eigenvalue weighted by molar-refractivity contribution is -0.121. The van der Waals surface area contributed by atoms with Gasteiger partial charge in [0.1, 0.15) is 6.54 Å². The number of nitrogens with one attached hydrogen (secondary N) is 2. The normalized spacial score (nSPS) is 23.2. The Bertz CT molecular complexity index is 283. The van der Waals surface area contributed by atoms with E-state index in [1.165, 1.54) is 0 Å². The molecule has 1 heterocycles. The third-order valence-electron chi connectivity index (χ3n) is 2.12. The molecule has 0 radical (unpaired) electrons. The van der Waals surface area contributed by atoms with Crippen LogP contribution in [0.1, 0.15) is 34.1 Å². The molecule has 1 rings (SSSR count). The molecule has 16 heavy (non-hydrogen) atoms. The summed E-state index contributed by atoms with van der Waals surface area (Å²) < 4.78 is 0. The van der Waals surface area contributed by atoms with Crippen LogP contribution in [0, 0.1) is 0 Å². The van der Waals surface area contributed by atoms with E-state index in [1.807, 2.05) is 20.8 Å². The van der Waals surface area contributed by atoms with Crippen molar-refractivity contribution in [2.45, 2.75) is 45.7 Å². The molecule has 5 heteroatoms. The van der Waals surface area contributed by atoms with Gasteiger partial charge in [0.25, 0.3) is 0 Å². The predicted molar refractivity (Wildman–Crippen MR) is 69.9 cm³/mol. The second-order valence-electron chi connectivity index (χ2n) is 4.98. The second-order valence-corrected chi connectivity index (χ2v) is 5.99. The SMILES string of the molecule is CCC1CSC(=NCC(=O)NC(C)(C)C)N1. The number of carbonyl (C=O) groups excluding carboxylic acids is 1. The molecular formula is C11H21N3OS. The van der Waals surface area contributed by atoms with Gasteiger partial charge in [-0.1, -0.05) is 18.7 Å². The van der Waals surface area contributed by atoms with Crippen molar-refractivity contribution in [1.29, 1.82) is 0 Å². The lowest BCUT2D eigenvalue weighted by atomic mass is 10.1. The van der Waals surface area contributed by atoms with Crippen LogP contribution in [0.2, 0.25) is 0 Å². The zero-order chi connectivity index (χ0) is 12.2. The maximum absolute atomic E-state index is 11.5. The minimum absolute atomic E-state index is 0.0256. The Morgan fingerprint density at radius 2 is 2.31 bits per heavy atom. The Morgan fingerprint density at radius 1 is 1.62 bits per heavy atom. The van der Waals surface area contributed by atoms with Gasteiger partial charge in [-0.2, -0.15) is 0 Å². The van der Waals surface area contributed by atoms with Crippen molar-refractivity contribution < 1.29 is 4.79 Å². The summed E-state index contributed by atoms with van der Waals surface area (Å²) in [6.45, 7) is 8.26. The van der Waals surface area contributed by atoms with Gasteiger partial charge in [0.15, 0.2) is 5.17 Å². The Kier molecular flexibility index (Phi) is 4.65. The number of carbonyl (C=O) groups is 1. The zero-order valence-electron chi connectivity index (χ0n) is 10.5. The van der Waals surface area contributed by atoms with E-state index in [1.54, 1.807) is 11.8 Å². The van der Waals surface area contributed by atoms with Crippen LogP contribution in [-0.4, -0.2) is 35.0 Å². The Hall–Kier alpha value is -0.710. The molecule has 0 aromatic rings. The molecule has 0 spiro atoms. The number of amides is 1. The maximum Gasteiger partial charge on any atom is 0.242 e. The molecule has 0 saturated carbocycles. The first-order valence-electron chi connectivity index (χ1n) is 5.65. The van der Waals surface area contributed by atoms with Crippen LogP contribution in [0.3, 0.4) is 0 Å². The lowest BCUT2D eigenvalue weighted by Crippen LogP contribution is -2.42. The van der Waals surface area contributed by atoms with Crippen molar-refractivity contribution >= 4 is 22.8 Å². The summed E-state index contributed by atoms with van der Waals surface area (Å²) in [7, 11) is 0. The van der Waals surface area contributed by atoms with Crippen LogP contribution in [0.25, 0.3) is 0 Å². The van der Waals surface area contributed by atoms with E-state index in [0.717, 1.165) is 17.3 Å². The van der Waals surface area contributed by atoms with Crippen LogP contribution in [-0.2, 0) is 4.79 Å². The van der Waals surface area contributed by atoms with Gasteiger partial charge >= 0.3 is 0 Å². The zero-order valence-corrected chi connectivity index (χ0v) is 11.3. The quantitative estimate of drug-likeness (QED) is 0.787. The van der Waals surface area contributed by atoms with E-state index in [4.69, 9.17) is 0 Å². The standard InChI is InChI=1S/C11H21N3OS/c1-5-8-7-16-10(13-8)12-6-9(15)14-11(2,3)4/h8H,5-7H2,1-4H3,(H,12,13)(H,14,15). The Balaban J connectivity index is 2.34. The number of hydrogen-bond donors (Lipinski definition) is 2. The first-order chi connectivity index (χ1) is 7.40. The minimum Gasteiger partial charge on any atom is -0.361 e. The highest BCUT2D eigenvalue weighted by Crippen LogP contribution is 2.15. The van der Waals surface area contributed by atoms with Gasteiger partial charge in [0.2, 0.25) is 5.91 Å². The molecule has 92 valence electrons. The minimum atomic E-state index is -0.181. The van der Waals surface area contributed by atoms with E-state index in [-0.39, 0.29) is 18.0 Å². The summed E-state index contributed by atoms with van der Waals surface area (Å²) in [4.78, 5) is 15.8. The smallest absolute Gasteiger partial charge is 0.242 e. The van der Waals surface area contributed by atoms with Gasteiger partial charge in [0.05, 0.1) is 0 Å². The molecule has 0 aliphatic carbocycles. The lowest BCUT2D eigenvalue weighted by Gasteiger charge is -2.19. The maximum atomic E-state index is 11.5. The summed E-state index contributed by atoms with van der Waals surface area (Å²) >= 11 is 1.69. The van der Waals surface area contributed by atoms with Crippen molar-refractivity contribution in [3.05, 3.63) is 0 Å². The van der Waals surface area contributed by atoms with Crippen LogP contribution in [0.15, 0.2) is 4.99 Å². The number of amidine groups is 1. The van der Waals surface area contributed by atoms with Crippen molar-refractivity contribution in [1.82, 2.24) is 10.6 Å². The number of aliphatic imine (C=N–C) groups is 1. The number of hydrogen-bond acceptors (Lipinski definition) is 3. The summed E-state index contributed by atoms with van der Waals surface area (Å²) in [5, 5.41) is 7.08. The molecule has 1 atom stereocenters. The monoisotopic (exact) mass is 243 g/mol. The van der Waals surface area contributed by atoms with Crippen molar-refractivity contribution in [3.8, 4) is 0 Å². The summed E-state index contributed by atoms with van der Waals surface area (Å²) in [5.74, 6) is 1.03. The highest BCUT2D eigenvalue weighted by molar-refractivity contribution is 8.14. The number of thioether (sulfide) groups is 1. The van der Waals surface area contributed by atoms with E-state index in [0.29, 0.717) is 6.04 Å². The molecular weight excluding hydrogens is 222 g/mol.